The van der Waals surface area contributed by atoms with E-state index >= 15 is 0 Å². The lowest BCUT2D eigenvalue weighted by Crippen LogP contribution is -2.50. The maximum Gasteiger partial charge on any atom is 0.233 e. The van der Waals surface area contributed by atoms with Gasteiger partial charge >= 0.3 is 0 Å². The van der Waals surface area contributed by atoms with Crippen LogP contribution >= 0.6 is 11.8 Å². The molecule has 2 N–H and O–H groups in total. The predicted molar refractivity (Wildman–Crippen MR) is 71.7 cm³/mol. The highest BCUT2D eigenvalue weighted by molar-refractivity contribution is 8.01. The molecule has 0 spiro atoms. The van der Waals surface area contributed by atoms with Crippen molar-refractivity contribution in [2.75, 3.05) is 13.2 Å². The Kier molecular flexibility index (Phi) is 2.81. The highest BCUT2D eigenvalue weighted by Crippen LogP contribution is 2.54. The summed E-state index contributed by atoms with van der Waals surface area (Å²) >= 11 is 1.75. The minimum atomic E-state index is 0.0433. The van der Waals surface area contributed by atoms with Crippen LogP contribution in [0.4, 0.5) is 0 Å². The topological polar surface area (TPSA) is 67.0 Å². The molecule has 102 valence electrons. The SMILES string of the molecule is O=C1NCC2CCCOC3C(c4cn[nH]c4)SC1C23. The van der Waals surface area contributed by atoms with E-state index in [-0.39, 0.29) is 22.5 Å². The summed E-state index contributed by atoms with van der Waals surface area (Å²) in [6, 6.07) is 0. The summed E-state index contributed by atoms with van der Waals surface area (Å²) in [7, 11) is 0. The monoisotopic (exact) mass is 279 g/mol. The quantitative estimate of drug-likeness (QED) is 0.808. The number of hydrogen-bond donors (Lipinski definition) is 2. The van der Waals surface area contributed by atoms with E-state index in [2.05, 4.69) is 15.5 Å². The number of H-pyrrole nitrogens is 1. The fourth-order valence-electron chi connectivity index (χ4n) is 3.66. The maximum atomic E-state index is 12.1. The largest absolute Gasteiger partial charge is 0.376 e. The highest BCUT2D eigenvalue weighted by Gasteiger charge is 2.54. The Morgan fingerprint density at radius 3 is 3.21 bits per heavy atom. The summed E-state index contributed by atoms with van der Waals surface area (Å²) in [5, 5.41) is 10.2. The lowest BCUT2D eigenvalue weighted by molar-refractivity contribution is -0.125. The fourth-order valence-corrected chi connectivity index (χ4v) is 5.45. The number of carbonyl (C=O) groups excluding carboxylic acids is 1. The zero-order valence-electron chi connectivity index (χ0n) is 10.5. The maximum absolute atomic E-state index is 12.1. The van der Waals surface area contributed by atoms with Crippen molar-refractivity contribution in [1.82, 2.24) is 15.5 Å². The third-order valence-corrected chi connectivity index (χ3v) is 6.19. The standard InChI is InChI=1S/C13H17N3O2S/c17-13-12-9-7(4-14-13)2-1-3-18-10(9)11(19-12)8-5-15-16-6-8/h5-7,9-12H,1-4H2,(H,14,17)(H,15,16). The van der Waals surface area contributed by atoms with Crippen LogP contribution in [0, 0.1) is 11.8 Å². The van der Waals surface area contributed by atoms with Crippen LogP contribution in [0.2, 0.25) is 0 Å². The molecule has 0 saturated carbocycles. The average molecular weight is 279 g/mol. The first-order valence-electron chi connectivity index (χ1n) is 6.88. The van der Waals surface area contributed by atoms with Crippen LogP contribution in [0.15, 0.2) is 12.4 Å². The van der Waals surface area contributed by atoms with E-state index in [1.165, 1.54) is 0 Å². The molecule has 1 aromatic rings. The molecule has 5 nitrogen and oxygen atoms in total. The zero-order chi connectivity index (χ0) is 12.8. The molecule has 1 aromatic heterocycles. The van der Waals surface area contributed by atoms with Crippen molar-refractivity contribution in [2.24, 2.45) is 11.8 Å². The van der Waals surface area contributed by atoms with Gasteiger partial charge in [-0.1, -0.05) is 0 Å². The molecule has 0 aliphatic carbocycles. The Hall–Kier alpha value is -1.01. The van der Waals surface area contributed by atoms with Crippen LogP contribution in [-0.4, -0.2) is 40.6 Å². The van der Waals surface area contributed by atoms with Gasteiger partial charge in [-0.25, -0.2) is 0 Å². The smallest absolute Gasteiger partial charge is 0.233 e. The molecular weight excluding hydrogens is 262 g/mol. The molecule has 1 amide bonds. The van der Waals surface area contributed by atoms with E-state index in [9.17, 15) is 4.79 Å². The van der Waals surface area contributed by atoms with E-state index < -0.39 is 0 Å². The Morgan fingerprint density at radius 1 is 1.42 bits per heavy atom. The number of nitrogens with zero attached hydrogens (tertiary/aromatic N) is 1. The first-order chi connectivity index (χ1) is 9.34. The number of aromatic amines is 1. The van der Waals surface area contributed by atoms with Crippen LogP contribution in [0.5, 0.6) is 0 Å². The van der Waals surface area contributed by atoms with Crippen molar-refractivity contribution in [3.05, 3.63) is 18.0 Å². The van der Waals surface area contributed by atoms with Crippen LogP contribution in [0.3, 0.4) is 0 Å². The fraction of sp³-hybridized carbons (Fsp3) is 0.692. The van der Waals surface area contributed by atoms with Crippen LogP contribution in [0.25, 0.3) is 0 Å². The molecule has 5 atom stereocenters. The van der Waals surface area contributed by atoms with Crippen LogP contribution < -0.4 is 5.32 Å². The summed E-state index contributed by atoms with van der Waals surface area (Å²) in [6.07, 6.45) is 6.21. The van der Waals surface area contributed by atoms with Gasteiger partial charge in [0.05, 0.1) is 22.8 Å². The van der Waals surface area contributed by atoms with Crippen molar-refractivity contribution in [2.45, 2.75) is 29.4 Å². The second-order valence-corrected chi connectivity index (χ2v) is 6.86. The van der Waals surface area contributed by atoms with Gasteiger partial charge in [-0.05, 0) is 18.8 Å². The molecule has 4 rings (SSSR count). The van der Waals surface area contributed by atoms with Crippen molar-refractivity contribution >= 4 is 17.7 Å². The highest BCUT2D eigenvalue weighted by atomic mass is 32.2. The third kappa shape index (κ3) is 1.80. The van der Waals surface area contributed by atoms with E-state index in [1.807, 2.05) is 12.4 Å². The van der Waals surface area contributed by atoms with Gasteiger partial charge in [0.25, 0.3) is 0 Å². The van der Waals surface area contributed by atoms with Crippen molar-refractivity contribution in [3.8, 4) is 0 Å². The zero-order valence-corrected chi connectivity index (χ0v) is 11.4. The number of amides is 1. The number of ether oxygens (including phenoxy) is 1. The first kappa shape index (κ1) is 11.8. The van der Waals surface area contributed by atoms with Gasteiger partial charge in [-0.3, -0.25) is 9.89 Å². The van der Waals surface area contributed by atoms with E-state index in [4.69, 9.17) is 4.74 Å². The molecule has 0 radical (unpaired) electrons. The van der Waals surface area contributed by atoms with E-state index in [0.29, 0.717) is 11.8 Å². The number of piperidine rings is 1. The summed E-state index contributed by atoms with van der Waals surface area (Å²) < 4.78 is 6.11. The Bertz CT molecular complexity index is 478. The first-order valence-corrected chi connectivity index (χ1v) is 7.82. The molecule has 3 saturated heterocycles. The Balaban J connectivity index is 1.71. The number of thioether (sulfide) groups is 1. The van der Waals surface area contributed by atoms with Crippen molar-refractivity contribution in [3.63, 3.8) is 0 Å². The molecule has 0 bridgehead atoms. The number of carbonyl (C=O) groups is 1. The van der Waals surface area contributed by atoms with Gasteiger partial charge in [-0.2, -0.15) is 5.10 Å². The van der Waals surface area contributed by atoms with Gasteiger partial charge in [0, 0.05) is 30.8 Å². The van der Waals surface area contributed by atoms with Crippen LogP contribution in [-0.2, 0) is 9.53 Å². The number of aromatic nitrogens is 2. The van der Waals surface area contributed by atoms with Gasteiger partial charge in [0.1, 0.15) is 0 Å². The molecule has 3 fully saturated rings. The van der Waals surface area contributed by atoms with E-state index in [0.717, 1.165) is 31.6 Å². The summed E-state index contributed by atoms with van der Waals surface area (Å²) in [5.74, 6) is 1.12. The third-order valence-electron chi connectivity index (χ3n) is 4.54. The lowest BCUT2D eigenvalue weighted by Gasteiger charge is -2.34. The normalized spacial score (nSPS) is 41.5. The molecular formula is C13H17N3O2S. The predicted octanol–water partition coefficient (Wildman–Crippen LogP) is 1.11. The Labute approximate surface area is 115 Å². The lowest BCUT2D eigenvalue weighted by atomic mass is 9.78. The minimum absolute atomic E-state index is 0.0433. The molecule has 3 aliphatic heterocycles. The van der Waals surface area contributed by atoms with Crippen molar-refractivity contribution < 1.29 is 9.53 Å². The molecule has 4 heterocycles. The summed E-state index contributed by atoms with van der Waals surface area (Å²) in [6.45, 7) is 1.63. The molecule has 5 unspecified atom stereocenters. The number of nitrogens with one attached hydrogen (secondary N) is 2. The molecule has 6 heteroatoms. The summed E-state index contributed by atoms with van der Waals surface area (Å²) in [5.41, 5.74) is 1.15. The number of rotatable bonds is 1. The van der Waals surface area contributed by atoms with Gasteiger partial charge in [0.2, 0.25) is 5.91 Å². The number of hydrogen-bond acceptors (Lipinski definition) is 4. The Morgan fingerprint density at radius 2 is 2.37 bits per heavy atom. The second kappa shape index (κ2) is 4.52. The van der Waals surface area contributed by atoms with Crippen molar-refractivity contribution in [1.29, 1.82) is 0 Å². The van der Waals surface area contributed by atoms with Gasteiger partial charge in [-0.15, -0.1) is 11.8 Å². The summed E-state index contributed by atoms with van der Waals surface area (Å²) in [4.78, 5) is 12.1. The van der Waals surface area contributed by atoms with Gasteiger partial charge < -0.3 is 10.1 Å². The van der Waals surface area contributed by atoms with Gasteiger partial charge in [0.15, 0.2) is 0 Å². The second-order valence-electron chi connectivity index (χ2n) is 5.57. The average Bonchev–Trinajstić information content (AvgIpc) is 3.00. The molecule has 0 aromatic carbocycles. The minimum Gasteiger partial charge on any atom is -0.376 e. The molecule has 3 aliphatic rings. The van der Waals surface area contributed by atoms with Crippen LogP contribution in [0.1, 0.15) is 23.7 Å². The van der Waals surface area contributed by atoms with E-state index in [1.54, 1.807) is 11.8 Å². The molecule has 19 heavy (non-hydrogen) atoms.